The minimum Gasteiger partial charge on any atom is -0.481 e. The number of aromatic nitrogens is 2. The van der Waals surface area contributed by atoms with Gasteiger partial charge in [0.1, 0.15) is 11.7 Å². The zero-order valence-electron chi connectivity index (χ0n) is 9.67. The molecule has 1 aromatic rings. The molecule has 1 N–H and O–H groups in total. The van der Waals surface area contributed by atoms with Gasteiger partial charge in [-0.1, -0.05) is 13.8 Å². The van der Waals surface area contributed by atoms with Crippen LogP contribution in [-0.2, 0) is 4.79 Å². The monoisotopic (exact) mass is 224 g/mol. The number of hydrogen-bond acceptors (Lipinski definition) is 4. The van der Waals surface area contributed by atoms with Crippen LogP contribution in [0.2, 0.25) is 0 Å². The summed E-state index contributed by atoms with van der Waals surface area (Å²) in [7, 11) is 1.49. The molecule has 5 heteroatoms. The lowest BCUT2D eigenvalue weighted by atomic mass is 9.96. The molecule has 1 atom stereocenters. The molecule has 5 nitrogen and oxygen atoms in total. The largest absolute Gasteiger partial charge is 0.481 e. The van der Waals surface area contributed by atoms with E-state index >= 15 is 0 Å². The number of methoxy groups -OCH3 is 1. The van der Waals surface area contributed by atoms with Crippen LogP contribution in [0.3, 0.4) is 0 Å². The van der Waals surface area contributed by atoms with Crippen LogP contribution in [0.4, 0.5) is 0 Å². The molecule has 0 saturated carbocycles. The van der Waals surface area contributed by atoms with Crippen LogP contribution in [0.5, 0.6) is 5.88 Å². The van der Waals surface area contributed by atoms with Crippen LogP contribution in [0.25, 0.3) is 0 Å². The first-order valence-electron chi connectivity index (χ1n) is 5.14. The van der Waals surface area contributed by atoms with Crippen molar-refractivity contribution in [2.24, 2.45) is 5.92 Å². The van der Waals surface area contributed by atoms with E-state index in [1.165, 1.54) is 13.3 Å². The van der Waals surface area contributed by atoms with E-state index in [4.69, 9.17) is 9.84 Å². The van der Waals surface area contributed by atoms with Crippen LogP contribution in [0.1, 0.15) is 32.0 Å². The number of ether oxygens (including phenoxy) is 1. The van der Waals surface area contributed by atoms with E-state index in [0.717, 1.165) is 0 Å². The SMILES string of the molecule is COc1ccnc(C(CC(C)C)C(=O)O)n1. The molecule has 0 fully saturated rings. The zero-order valence-corrected chi connectivity index (χ0v) is 9.67. The fourth-order valence-electron chi connectivity index (χ4n) is 1.43. The van der Waals surface area contributed by atoms with Gasteiger partial charge >= 0.3 is 5.97 Å². The van der Waals surface area contributed by atoms with Gasteiger partial charge in [-0.05, 0) is 12.3 Å². The summed E-state index contributed by atoms with van der Waals surface area (Å²) in [5.74, 6) is -0.603. The Morgan fingerprint density at radius 3 is 2.75 bits per heavy atom. The van der Waals surface area contributed by atoms with Crippen molar-refractivity contribution in [2.75, 3.05) is 7.11 Å². The van der Waals surface area contributed by atoms with Crippen molar-refractivity contribution in [3.8, 4) is 5.88 Å². The van der Waals surface area contributed by atoms with Crippen molar-refractivity contribution in [3.63, 3.8) is 0 Å². The van der Waals surface area contributed by atoms with Crippen LogP contribution in [0.15, 0.2) is 12.3 Å². The van der Waals surface area contributed by atoms with E-state index in [2.05, 4.69) is 9.97 Å². The summed E-state index contributed by atoms with van der Waals surface area (Å²) >= 11 is 0. The average molecular weight is 224 g/mol. The first kappa shape index (κ1) is 12.4. The maximum atomic E-state index is 11.1. The van der Waals surface area contributed by atoms with Crippen molar-refractivity contribution in [3.05, 3.63) is 18.1 Å². The molecular weight excluding hydrogens is 208 g/mol. The van der Waals surface area contributed by atoms with Gasteiger partial charge in [0.25, 0.3) is 0 Å². The normalized spacial score (nSPS) is 12.5. The van der Waals surface area contributed by atoms with Crippen molar-refractivity contribution < 1.29 is 14.6 Å². The third-order valence-corrected chi connectivity index (χ3v) is 2.17. The number of nitrogens with zero attached hydrogens (tertiary/aromatic N) is 2. The Kier molecular flexibility index (Phi) is 4.22. The molecule has 0 aliphatic heterocycles. The standard InChI is InChI=1S/C11H16N2O3/c1-7(2)6-8(11(14)15)10-12-5-4-9(13-10)16-3/h4-5,7-8H,6H2,1-3H3,(H,14,15). The van der Waals surface area contributed by atoms with E-state index in [9.17, 15) is 4.79 Å². The highest BCUT2D eigenvalue weighted by Gasteiger charge is 2.24. The van der Waals surface area contributed by atoms with Gasteiger partial charge in [-0.3, -0.25) is 4.79 Å². The molecule has 1 aromatic heterocycles. The second-order valence-corrected chi connectivity index (χ2v) is 3.98. The third kappa shape index (κ3) is 3.18. The number of carboxylic acid groups (broad SMARTS) is 1. The topological polar surface area (TPSA) is 72.3 Å². The molecule has 1 rings (SSSR count). The highest BCUT2D eigenvalue weighted by Crippen LogP contribution is 2.22. The summed E-state index contributed by atoms with van der Waals surface area (Å²) in [6, 6.07) is 1.60. The van der Waals surface area contributed by atoms with Crippen LogP contribution >= 0.6 is 0 Å². The summed E-state index contributed by atoms with van der Waals surface area (Å²) in [5, 5.41) is 9.12. The van der Waals surface area contributed by atoms with E-state index < -0.39 is 11.9 Å². The van der Waals surface area contributed by atoms with E-state index in [1.807, 2.05) is 13.8 Å². The Bertz CT molecular complexity index is 366. The number of carboxylic acids is 1. The second-order valence-electron chi connectivity index (χ2n) is 3.98. The van der Waals surface area contributed by atoms with Crippen molar-refractivity contribution in [2.45, 2.75) is 26.2 Å². The van der Waals surface area contributed by atoms with Crippen LogP contribution in [-0.4, -0.2) is 28.2 Å². The Hall–Kier alpha value is -1.65. The quantitative estimate of drug-likeness (QED) is 0.824. The van der Waals surface area contributed by atoms with Crippen molar-refractivity contribution in [1.29, 1.82) is 0 Å². The predicted octanol–water partition coefficient (Wildman–Crippen LogP) is 1.70. The lowest BCUT2D eigenvalue weighted by Gasteiger charge is -2.13. The molecule has 1 unspecified atom stereocenters. The Labute approximate surface area is 94.5 Å². The summed E-state index contributed by atoms with van der Waals surface area (Å²) in [4.78, 5) is 19.2. The summed E-state index contributed by atoms with van der Waals surface area (Å²) in [6.45, 7) is 3.94. The first-order chi connectivity index (χ1) is 7.54. The highest BCUT2D eigenvalue weighted by atomic mass is 16.5. The molecular formula is C11H16N2O3. The lowest BCUT2D eigenvalue weighted by molar-refractivity contribution is -0.139. The smallest absolute Gasteiger partial charge is 0.314 e. The molecule has 0 bridgehead atoms. The zero-order chi connectivity index (χ0) is 12.1. The van der Waals surface area contributed by atoms with E-state index in [0.29, 0.717) is 18.1 Å². The molecule has 0 aliphatic carbocycles. The minimum absolute atomic E-state index is 0.274. The van der Waals surface area contributed by atoms with Crippen molar-refractivity contribution in [1.82, 2.24) is 9.97 Å². The summed E-state index contributed by atoms with van der Waals surface area (Å²) in [6.07, 6.45) is 2.03. The van der Waals surface area contributed by atoms with Gasteiger partial charge in [0, 0.05) is 12.3 Å². The van der Waals surface area contributed by atoms with Gasteiger partial charge in [-0.2, -0.15) is 4.98 Å². The second kappa shape index (κ2) is 5.44. The predicted molar refractivity (Wildman–Crippen MR) is 58.4 cm³/mol. The third-order valence-electron chi connectivity index (χ3n) is 2.17. The Morgan fingerprint density at radius 1 is 1.56 bits per heavy atom. The number of hydrogen-bond donors (Lipinski definition) is 1. The molecule has 16 heavy (non-hydrogen) atoms. The van der Waals surface area contributed by atoms with Crippen molar-refractivity contribution >= 4 is 5.97 Å². The van der Waals surface area contributed by atoms with Gasteiger partial charge < -0.3 is 9.84 Å². The van der Waals surface area contributed by atoms with Crippen LogP contribution in [0, 0.1) is 5.92 Å². The molecule has 0 spiro atoms. The number of aliphatic carboxylic acids is 1. The number of carbonyl (C=O) groups is 1. The molecule has 0 saturated heterocycles. The average Bonchev–Trinajstić information content (AvgIpc) is 2.25. The molecule has 0 aliphatic rings. The highest BCUT2D eigenvalue weighted by molar-refractivity contribution is 5.74. The van der Waals surface area contributed by atoms with Gasteiger partial charge in [0.05, 0.1) is 7.11 Å². The fraction of sp³-hybridized carbons (Fsp3) is 0.545. The van der Waals surface area contributed by atoms with E-state index in [1.54, 1.807) is 6.07 Å². The Balaban J connectivity index is 2.96. The molecule has 1 heterocycles. The summed E-state index contributed by atoms with van der Waals surface area (Å²) in [5.41, 5.74) is 0. The summed E-state index contributed by atoms with van der Waals surface area (Å²) < 4.78 is 4.95. The maximum Gasteiger partial charge on any atom is 0.314 e. The molecule has 88 valence electrons. The number of rotatable bonds is 5. The van der Waals surface area contributed by atoms with E-state index in [-0.39, 0.29) is 5.92 Å². The maximum absolute atomic E-state index is 11.1. The van der Waals surface area contributed by atoms with Gasteiger partial charge in [-0.25, -0.2) is 4.98 Å². The molecule has 0 radical (unpaired) electrons. The van der Waals surface area contributed by atoms with Gasteiger partial charge in [0.15, 0.2) is 0 Å². The van der Waals surface area contributed by atoms with Gasteiger partial charge in [0.2, 0.25) is 5.88 Å². The first-order valence-corrected chi connectivity index (χ1v) is 5.14. The molecule has 0 amide bonds. The minimum atomic E-state index is -0.901. The Morgan fingerprint density at radius 2 is 2.25 bits per heavy atom. The fourth-order valence-corrected chi connectivity index (χ4v) is 1.43. The van der Waals surface area contributed by atoms with Crippen LogP contribution < -0.4 is 4.74 Å². The van der Waals surface area contributed by atoms with Gasteiger partial charge in [-0.15, -0.1) is 0 Å². The lowest BCUT2D eigenvalue weighted by Crippen LogP contribution is -2.17. The molecule has 0 aromatic carbocycles.